The molecule has 0 aliphatic rings. The van der Waals surface area contributed by atoms with E-state index >= 15 is 0 Å². The molecule has 0 radical (unpaired) electrons. The normalized spacial score (nSPS) is 11.7. The number of amides is 1. The van der Waals surface area contributed by atoms with E-state index in [1.165, 1.54) is 38.5 Å². The van der Waals surface area contributed by atoms with Crippen molar-refractivity contribution in [2.24, 2.45) is 0 Å². The molecule has 1 atom stereocenters. The molecule has 0 bridgehead atoms. The molecule has 1 N–H and O–H groups in total. The Bertz CT molecular complexity index is 1140. The van der Waals surface area contributed by atoms with Crippen LogP contribution >= 0.6 is 0 Å². The maximum absolute atomic E-state index is 13.3. The van der Waals surface area contributed by atoms with E-state index in [0.29, 0.717) is 27.8 Å². The lowest BCUT2D eigenvalue weighted by Gasteiger charge is -2.17. The van der Waals surface area contributed by atoms with Crippen LogP contribution in [0, 0.1) is 5.82 Å². The second kappa shape index (κ2) is 9.21. The molecule has 0 unspecified atom stereocenters. The average Bonchev–Trinajstić information content (AvgIpc) is 2.71. The first-order valence-corrected chi connectivity index (χ1v) is 9.12. The van der Waals surface area contributed by atoms with Crippen LogP contribution in [-0.2, 0) is 27.2 Å². The van der Waals surface area contributed by atoms with Gasteiger partial charge >= 0.3 is 11.6 Å². The number of ether oxygens (including phenoxy) is 2. The zero-order chi connectivity index (χ0) is 21.7. The van der Waals surface area contributed by atoms with Crippen molar-refractivity contribution in [2.45, 2.75) is 18.9 Å². The molecule has 1 aromatic heterocycles. The van der Waals surface area contributed by atoms with E-state index in [9.17, 15) is 18.8 Å². The molecule has 0 aliphatic heterocycles. The van der Waals surface area contributed by atoms with Gasteiger partial charge in [-0.05, 0) is 35.4 Å². The van der Waals surface area contributed by atoms with Crippen molar-refractivity contribution in [3.8, 4) is 5.75 Å². The monoisotopic (exact) mass is 413 g/mol. The van der Waals surface area contributed by atoms with Crippen LogP contribution in [0.1, 0.15) is 11.1 Å². The summed E-state index contributed by atoms with van der Waals surface area (Å²) >= 11 is 0. The summed E-state index contributed by atoms with van der Waals surface area (Å²) in [6.07, 6.45) is -0.101. The minimum absolute atomic E-state index is 0.00991. The highest BCUT2D eigenvalue weighted by Crippen LogP contribution is 2.23. The number of nitrogens with one attached hydrogen (secondary N) is 1. The van der Waals surface area contributed by atoms with Crippen molar-refractivity contribution in [1.82, 2.24) is 5.32 Å². The van der Waals surface area contributed by atoms with Gasteiger partial charge in [-0.1, -0.05) is 12.1 Å². The topological polar surface area (TPSA) is 94.8 Å². The van der Waals surface area contributed by atoms with E-state index < -0.39 is 29.4 Å². The Kier molecular flexibility index (Phi) is 6.46. The number of methoxy groups -OCH3 is 2. The molecule has 0 saturated carbocycles. The Morgan fingerprint density at radius 2 is 1.93 bits per heavy atom. The predicted octanol–water partition coefficient (Wildman–Crippen LogP) is 2.38. The number of esters is 1. The number of hydrogen-bond donors (Lipinski definition) is 1. The van der Waals surface area contributed by atoms with Gasteiger partial charge in [-0.2, -0.15) is 0 Å². The summed E-state index contributed by atoms with van der Waals surface area (Å²) in [7, 11) is 2.70. The minimum atomic E-state index is -1.04. The van der Waals surface area contributed by atoms with Gasteiger partial charge in [0.15, 0.2) is 0 Å². The summed E-state index contributed by atoms with van der Waals surface area (Å²) < 4.78 is 28.5. The van der Waals surface area contributed by atoms with E-state index in [1.54, 1.807) is 24.3 Å². The van der Waals surface area contributed by atoms with Crippen LogP contribution in [0.2, 0.25) is 0 Å². The van der Waals surface area contributed by atoms with Gasteiger partial charge in [0, 0.05) is 23.9 Å². The van der Waals surface area contributed by atoms with Crippen molar-refractivity contribution in [1.29, 1.82) is 0 Å². The molecule has 156 valence electrons. The second-order valence-electron chi connectivity index (χ2n) is 6.61. The van der Waals surface area contributed by atoms with Gasteiger partial charge in [0.2, 0.25) is 5.91 Å². The quantitative estimate of drug-likeness (QED) is 0.472. The third-order valence-corrected chi connectivity index (χ3v) is 4.54. The van der Waals surface area contributed by atoms with Gasteiger partial charge in [-0.15, -0.1) is 0 Å². The molecule has 0 aliphatic carbocycles. The standard InChI is InChI=1S/C22H20FNO6/c1-28-16-6-7-17-14(11-21(26)30-19(17)12-16)10-18(22(27)29-2)24-20(25)9-13-4-3-5-15(23)8-13/h3-8,11-12,18H,9-10H2,1-2H3,(H,24,25)/t18-/m1/s1. The van der Waals surface area contributed by atoms with Gasteiger partial charge in [0.25, 0.3) is 0 Å². The van der Waals surface area contributed by atoms with Gasteiger partial charge < -0.3 is 19.2 Å². The van der Waals surface area contributed by atoms with Crippen LogP contribution in [0.5, 0.6) is 5.75 Å². The molecular weight excluding hydrogens is 393 g/mol. The molecule has 3 aromatic rings. The Morgan fingerprint density at radius 1 is 1.13 bits per heavy atom. The average molecular weight is 413 g/mol. The molecule has 1 amide bonds. The highest BCUT2D eigenvalue weighted by molar-refractivity contribution is 5.87. The molecule has 30 heavy (non-hydrogen) atoms. The van der Waals surface area contributed by atoms with E-state index in [-0.39, 0.29) is 12.8 Å². The molecular formula is C22H20FNO6. The number of hydrogen-bond acceptors (Lipinski definition) is 6. The number of fused-ring (bicyclic) bond motifs is 1. The van der Waals surface area contributed by atoms with Gasteiger partial charge in [0.1, 0.15) is 23.2 Å². The summed E-state index contributed by atoms with van der Waals surface area (Å²) in [6, 6.07) is 10.8. The molecule has 7 nitrogen and oxygen atoms in total. The first-order valence-electron chi connectivity index (χ1n) is 9.12. The lowest BCUT2D eigenvalue weighted by atomic mass is 10.0. The zero-order valence-corrected chi connectivity index (χ0v) is 16.4. The van der Waals surface area contributed by atoms with Crippen LogP contribution in [-0.4, -0.2) is 32.1 Å². The summed E-state index contributed by atoms with van der Waals surface area (Å²) in [6.45, 7) is 0. The Balaban J connectivity index is 1.85. The second-order valence-corrected chi connectivity index (χ2v) is 6.61. The molecule has 0 spiro atoms. The number of halogens is 1. The number of carbonyl (C=O) groups is 2. The lowest BCUT2D eigenvalue weighted by molar-refractivity contribution is -0.145. The van der Waals surface area contributed by atoms with E-state index in [0.717, 1.165) is 0 Å². The summed E-state index contributed by atoms with van der Waals surface area (Å²) in [5.41, 5.74) is 0.673. The zero-order valence-electron chi connectivity index (χ0n) is 16.4. The van der Waals surface area contributed by atoms with Crippen molar-refractivity contribution < 1.29 is 27.9 Å². The van der Waals surface area contributed by atoms with E-state index in [4.69, 9.17) is 13.9 Å². The van der Waals surface area contributed by atoms with Crippen LogP contribution in [0.15, 0.2) is 57.7 Å². The fourth-order valence-electron chi connectivity index (χ4n) is 3.14. The van der Waals surface area contributed by atoms with Crippen molar-refractivity contribution in [3.05, 3.63) is 75.9 Å². The lowest BCUT2D eigenvalue weighted by Crippen LogP contribution is -2.43. The predicted molar refractivity (Wildman–Crippen MR) is 107 cm³/mol. The number of rotatable bonds is 7. The van der Waals surface area contributed by atoms with Crippen molar-refractivity contribution in [3.63, 3.8) is 0 Å². The number of benzene rings is 2. The first kappa shape index (κ1) is 21.0. The maximum atomic E-state index is 13.3. The third-order valence-electron chi connectivity index (χ3n) is 4.54. The SMILES string of the molecule is COC(=O)[C@@H](Cc1cc(=O)oc2cc(OC)ccc12)NC(=O)Cc1cccc(F)c1. The number of carbonyl (C=O) groups excluding carboxylic acids is 2. The van der Waals surface area contributed by atoms with Crippen LogP contribution in [0.25, 0.3) is 11.0 Å². The van der Waals surface area contributed by atoms with Gasteiger partial charge in [0.05, 0.1) is 20.6 Å². The molecule has 8 heteroatoms. The highest BCUT2D eigenvalue weighted by Gasteiger charge is 2.24. The first-order chi connectivity index (χ1) is 14.4. The minimum Gasteiger partial charge on any atom is -0.497 e. The van der Waals surface area contributed by atoms with Crippen molar-refractivity contribution in [2.75, 3.05) is 14.2 Å². The van der Waals surface area contributed by atoms with Crippen LogP contribution < -0.4 is 15.7 Å². The molecule has 3 rings (SSSR count). The van der Waals surface area contributed by atoms with Crippen LogP contribution in [0.3, 0.4) is 0 Å². The highest BCUT2D eigenvalue weighted by atomic mass is 19.1. The van der Waals surface area contributed by atoms with E-state index in [1.807, 2.05) is 0 Å². The maximum Gasteiger partial charge on any atom is 0.336 e. The van der Waals surface area contributed by atoms with Gasteiger partial charge in [-0.25, -0.2) is 14.0 Å². The third kappa shape index (κ3) is 5.02. The molecule has 2 aromatic carbocycles. The van der Waals surface area contributed by atoms with Crippen molar-refractivity contribution >= 4 is 22.8 Å². The fourth-order valence-corrected chi connectivity index (χ4v) is 3.14. The smallest absolute Gasteiger partial charge is 0.336 e. The molecule has 0 fully saturated rings. The van der Waals surface area contributed by atoms with Gasteiger partial charge in [-0.3, -0.25) is 4.79 Å². The van der Waals surface area contributed by atoms with Crippen LogP contribution in [0.4, 0.5) is 4.39 Å². The van der Waals surface area contributed by atoms with E-state index in [2.05, 4.69) is 5.32 Å². The summed E-state index contributed by atoms with van der Waals surface area (Å²) in [5.74, 6) is -1.10. The fraction of sp³-hybridized carbons (Fsp3) is 0.227. The Morgan fingerprint density at radius 3 is 2.63 bits per heavy atom. The summed E-state index contributed by atoms with van der Waals surface area (Å²) in [4.78, 5) is 36.7. The molecule has 1 heterocycles. The largest absolute Gasteiger partial charge is 0.497 e. The summed E-state index contributed by atoms with van der Waals surface area (Å²) in [5, 5.41) is 3.20. The molecule has 0 saturated heterocycles. The Labute approximate surface area is 171 Å². The Hall–Kier alpha value is -3.68.